The third-order valence-electron chi connectivity index (χ3n) is 2.98. The predicted molar refractivity (Wildman–Crippen MR) is 78.4 cm³/mol. The largest absolute Gasteiger partial charge is 0.427 e. The normalized spacial score (nSPS) is 9.92. The molecule has 0 aliphatic carbocycles. The third-order valence-corrected chi connectivity index (χ3v) is 2.98. The second-order valence-electron chi connectivity index (χ2n) is 4.59. The zero-order valence-electron chi connectivity index (χ0n) is 12.5. The maximum Gasteiger partial charge on any atom is 0.343 e. The first-order chi connectivity index (χ1) is 11.5. The van der Waals surface area contributed by atoms with Gasteiger partial charge in [-0.05, 0) is 36.4 Å². The molecule has 0 bridgehead atoms. The van der Waals surface area contributed by atoms with Crippen LogP contribution in [0.25, 0.3) is 0 Å². The highest BCUT2D eigenvalue weighted by molar-refractivity contribution is 5.91. The number of halogens is 2. The molecule has 2 rings (SSSR count). The van der Waals surface area contributed by atoms with Crippen LogP contribution in [0.4, 0.5) is 8.78 Å². The van der Waals surface area contributed by atoms with Crippen molar-refractivity contribution in [1.82, 2.24) is 0 Å². The summed E-state index contributed by atoms with van der Waals surface area (Å²) in [6, 6.07) is 8.86. The number of hydrogen-bond donors (Lipinski definition) is 0. The minimum Gasteiger partial charge on any atom is -0.427 e. The van der Waals surface area contributed by atoms with Gasteiger partial charge in [0.05, 0.1) is 11.1 Å². The molecule has 0 saturated heterocycles. The molecule has 0 amide bonds. The lowest BCUT2D eigenvalue weighted by molar-refractivity contribution is -0.134. The second kappa shape index (κ2) is 7.33. The van der Waals surface area contributed by atoms with Crippen LogP contribution >= 0.6 is 0 Å². The van der Waals surface area contributed by atoms with Crippen molar-refractivity contribution in [3.05, 3.63) is 59.2 Å². The van der Waals surface area contributed by atoms with Gasteiger partial charge in [0.25, 0.3) is 0 Å². The molecule has 0 aliphatic heterocycles. The van der Waals surface area contributed by atoms with Crippen LogP contribution in [-0.2, 0) is 4.79 Å². The Hall–Kier alpha value is -3.27. The summed E-state index contributed by atoms with van der Waals surface area (Å²) in [6.07, 6.45) is 0.202. The molecule has 0 unspecified atom stereocenters. The summed E-state index contributed by atoms with van der Waals surface area (Å²) in [4.78, 5) is 23.1. The van der Waals surface area contributed by atoms with Crippen LogP contribution in [0.5, 0.6) is 11.5 Å². The van der Waals surface area contributed by atoms with Gasteiger partial charge in [-0.3, -0.25) is 4.79 Å². The second-order valence-corrected chi connectivity index (χ2v) is 4.59. The molecule has 0 saturated carbocycles. The molecule has 2 aromatic rings. The summed E-state index contributed by atoms with van der Waals surface area (Å²) >= 11 is 0. The number of ether oxygens (including phenoxy) is 2. The number of nitriles is 1. The third kappa shape index (κ3) is 3.73. The molecular formula is C17H11F2NO4. The van der Waals surface area contributed by atoms with E-state index >= 15 is 0 Å². The lowest BCUT2D eigenvalue weighted by Crippen LogP contribution is -2.11. The predicted octanol–water partition coefficient (Wildman–Crippen LogP) is 3.37. The molecule has 7 heteroatoms. The first-order valence-corrected chi connectivity index (χ1v) is 6.87. The van der Waals surface area contributed by atoms with Gasteiger partial charge in [-0.1, -0.05) is 6.92 Å². The van der Waals surface area contributed by atoms with E-state index in [2.05, 4.69) is 0 Å². The molecule has 0 aliphatic rings. The van der Waals surface area contributed by atoms with Crippen molar-refractivity contribution in [2.45, 2.75) is 13.3 Å². The van der Waals surface area contributed by atoms with Crippen molar-refractivity contribution in [1.29, 1.82) is 5.26 Å². The van der Waals surface area contributed by atoms with Crippen LogP contribution in [0.1, 0.15) is 29.3 Å². The Kier molecular flexibility index (Phi) is 5.22. The Morgan fingerprint density at radius 2 is 1.71 bits per heavy atom. The Balaban J connectivity index is 2.14. The molecule has 0 fully saturated rings. The summed E-state index contributed by atoms with van der Waals surface area (Å²) in [7, 11) is 0. The molecular weight excluding hydrogens is 320 g/mol. The van der Waals surface area contributed by atoms with Crippen LogP contribution in [0, 0.1) is 23.0 Å². The zero-order chi connectivity index (χ0) is 17.7. The topological polar surface area (TPSA) is 76.4 Å². The number of esters is 2. The molecule has 2 aromatic carbocycles. The molecule has 0 radical (unpaired) electrons. The number of rotatable bonds is 4. The van der Waals surface area contributed by atoms with Gasteiger partial charge in [0.1, 0.15) is 11.8 Å². The van der Waals surface area contributed by atoms with Gasteiger partial charge >= 0.3 is 11.9 Å². The molecule has 5 nitrogen and oxygen atoms in total. The van der Waals surface area contributed by atoms with Gasteiger partial charge in [-0.2, -0.15) is 9.65 Å². The van der Waals surface area contributed by atoms with Crippen molar-refractivity contribution in [3.63, 3.8) is 0 Å². The van der Waals surface area contributed by atoms with E-state index in [1.807, 2.05) is 0 Å². The van der Waals surface area contributed by atoms with Crippen molar-refractivity contribution in [2.75, 3.05) is 0 Å². The zero-order valence-corrected chi connectivity index (χ0v) is 12.5. The maximum absolute atomic E-state index is 13.7. The standard InChI is InChI=1S/C17H11F2NO4/c1-2-14(21)23-12-6-3-10(4-7-12)17(22)24-13-8-5-11(9-20)15(18)16(13)19/h3-8H,2H2,1H3. The molecule has 24 heavy (non-hydrogen) atoms. The van der Waals surface area contributed by atoms with Gasteiger partial charge < -0.3 is 9.47 Å². The van der Waals surface area contributed by atoms with Crippen LogP contribution in [0.2, 0.25) is 0 Å². The first kappa shape index (κ1) is 17.1. The van der Waals surface area contributed by atoms with Crippen molar-refractivity contribution in [3.8, 4) is 17.6 Å². The van der Waals surface area contributed by atoms with E-state index in [-0.39, 0.29) is 17.7 Å². The lowest BCUT2D eigenvalue weighted by Gasteiger charge is -2.07. The number of carbonyl (C=O) groups is 2. The Labute approximate surface area is 136 Å². The van der Waals surface area contributed by atoms with Gasteiger partial charge in [0.2, 0.25) is 5.82 Å². The van der Waals surface area contributed by atoms with Gasteiger partial charge in [0.15, 0.2) is 11.6 Å². The van der Waals surface area contributed by atoms with Crippen molar-refractivity contribution < 1.29 is 27.8 Å². The van der Waals surface area contributed by atoms with Crippen LogP contribution in [-0.4, -0.2) is 11.9 Å². The van der Waals surface area contributed by atoms with E-state index in [9.17, 15) is 18.4 Å². The van der Waals surface area contributed by atoms with Crippen LogP contribution in [0.15, 0.2) is 36.4 Å². The quantitative estimate of drug-likeness (QED) is 0.634. The molecule has 0 N–H and O–H groups in total. The van der Waals surface area contributed by atoms with E-state index in [1.54, 1.807) is 6.92 Å². The average Bonchev–Trinajstić information content (AvgIpc) is 2.59. The summed E-state index contributed by atoms with van der Waals surface area (Å²) in [5.74, 6) is -4.54. The Bertz CT molecular complexity index is 826. The number of hydrogen-bond acceptors (Lipinski definition) is 5. The van der Waals surface area contributed by atoms with E-state index in [4.69, 9.17) is 14.7 Å². The molecule has 0 spiro atoms. The lowest BCUT2D eigenvalue weighted by atomic mass is 10.2. The fraction of sp³-hybridized carbons (Fsp3) is 0.118. The molecule has 122 valence electrons. The van der Waals surface area contributed by atoms with E-state index in [0.29, 0.717) is 0 Å². The summed E-state index contributed by atoms with van der Waals surface area (Å²) in [5, 5.41) is 8.60. The SMILES string of the molecule is CCC(=O)Oc1ccc(C(=O)Oc2ccc(C#N)c(F)c2F)cc1. The van der Waals surface area contributed by atoms with E-state index in [1.165, 1.54) is 30.3 Å². The smallest absolute Gasteiger partial charge is 0.343 e. The highest BCUT2D eigenvalue weighted by Crippen LogP contribution is 2.23. The fourth-order valence-corrected chi connectivity index (χ4v) is 1.72. The van der Waals surface area contributed by atoms with Gasteiger partial charge in [0, 0.05) is 6.42 Å². The van der Waals surface area contributed by atoms with Crippen LogP contribution in [0.3, 0.4) is 0 Å². The Morgan fingerprint density at radius 1 is 1.04 bits per heavy atom. The van der Waals surface area contributed by atoms with E-state index in [0.717, 1.165) is 12.1 Å². The molecule has 0 atom stereocenters. The number of benzene rings is 2. The monoisotopic (exact) mass is 331 g/mol. The number of carbonyl (C=O) groups excluding carboxylic acids is 2. The maximum atomic E-state index is 13.7. The average molecular weight is 331 g/mol. The molecule has 0 aromatic heterocycles. The fourth-order valence-electron chi connectivity index (χ4n) is 1.72. The van der Waals surface area contributed by atoms with E-state index < -0.39 is 34.9 Å². The summed E-state index contributed by atoms with van der Waals surface area (Å²) in [6.45, 7) is 1.64. The van der Waals surface area contributed by atoms with Gasteiger partial charge in [-0.15, -0.1) is 0 Å². The van der Waals surface area contributed by atoms with Crippen molar-refractivity contribution >= 4 is 11.9 Å². The highest BCUT2D eigenvalue weighted by atomic mass is 19.2. The summed E-state index contributed by atoms with van der Waals surface area (Å²) in [5.41, 5.74) is -0.440. The minimum absolute atomic E-state index is 0.0514. The van der Waals surface area contributed by atoms with Gasteiger partial charge in [-0.25, -0.2) is 9.18 Å². The minimum atomic E-state index is -1.42. The van der Waals surface area contributed by atoms with Crippen LogP contribution < -0.4 is 9.47 Å². The number of nitrogens with zero attached hydrogens (tertiary/aromatic N) is 1. The summed E-state index contributed by atoms with van der Waals surface area (Å²) < 4.78 is 36.9. The molecule has 0 heterocycles. The first-order valence-electron chi connectivity index (χ1n) is 6.87. The van der Waals surface area contributed by atoms with Crippen molar-refractivity contribution in [2.24, 2.45) is 0 Å². The highest BCUT2D eigenvalue weighted by Gasteiger charge is 2.18. The Morgan fingerprint density at radius 3 is 2.29 bits per heavy atom.